The van der Waals surface area contributed by atoms with Crippen LogP contribution in [0, 0.1) is 11.7 Å². The van der Waals surface area contributed by atoms with Gasteiger partial charge in [0.15, 0.2) is 4.77 Å². The Morgan fingerprint density at radius 1 is 1.20 bits per heavy atom. The molecule has 1 aromatic heterocycles. The molecule has 3 aromatic rings. The van der Waals surface area contributed by atoms with E-state index in [1.54, 1.807) is 0 Å². The van der Waals surface area contributed by atoms with Crippen LogP contribution in [0.3, 0.4) is 0 Å². The second-order valence-electron chi connectivity index (χ2n) is 5.05. The number of rotatable bonds is 2. The third-order valence-corrected chi connectivity index (χ3v) is 4.38. The molecule has 102 valence electrons. The van der Waals surface area contributed by atoms with Gasteiger partial charge in [-0.15, -0.1) is 0 Å². The highest BCUT2D eigenvalue weighted by Crippen LogP contribution is 2.26. The maximum atomic E-state index is 5.50. The first kappa shape index (κ1) is 13.6. The number of aromatic amines is 1. The van der Waals surface area contributed by atoms with Crippen LogP contribution >= 0.6 is 28.1 Å². The van der Waals surface area contributed by atoms with Crippen LogP contribution in [0.5, 0.6) is 0 Å². The largest absolute Gasteiger partial charge is 0.331 e. The van der Waals surface area contributed by atoms with E-state index in [1.165, 1.54) is 11.1 Å². The number of nitrogens with one attached hydrogen (secondary N) is 1. The van der Waals surface area contributed by atoms with Crippen LogP contribution in [-0.2, 0) is 0 Å². The highest BCUT2D eigenvalue weighted by Gasteiger charge is 2.13. The monoisotopic (exact) mass is 346 g/mol. The lowest BCUT2D eigenvalue weighted by molar-refractivity contribution is 0.649. The fourth-order valence-corrected chi connectivity index (χ4v) is 3.31. The zero-order chi connectivity index (χ0) is 14.3. The van der Waals surface area contributed by atoms with Crippen LogP contribution in [0.25, 0.3) is 11.0 Å². The van der Waals surface area contributed by atoms with E-state index in [0.29, 0.717) is 0 Å². The number of H-pyrrole nitrogens is 1. The molecular formula is C16H15BrN2S. The third kappa shape index (κ3) is 2.34. The van der Waals surface area contributed by atoms with E-state index in [1.807, 2.05) is 6.07 Å². The predicted molar refractivity (Wildman–Crippen MR) is 89.8 cm³/mol. The molecule has 0 amide bonds. The van der Waals surface area contributed by atoms with Gasteiger partial charge in [-0.05, 0) is 61.5 Å². The molecule has 1 N–H and O–H groups in total. The maximum Gasteiger partial charge on any atom is 0.178 e. The van der Waals surface area contributed by atoms with E-state index in [0.717, 1.165) is 20.3 Å². The lowest BCUT2D eigenvalue weighted by Gasteiger charge is -2.15. The molecule has 1 unspecified atom stereocenters. The Morgan fingerprint density at radius 2 is 2.00 bits per heavy atom. The van der Waals surface area contributed by atoms with Gasteiger partial charge in [0.25, 0.3) is 0 Å². The first-order chi connectivity index (χ1) is 9.56. The standard InChI is InChI=1S/C16H15BrN2S/c1-10-6-7-14-15(8-10)19(16(20)18-14)11(2)12-4-3-5-13(17)9-12/h3-9,11H,1-2H3,(H,18,20). The highest BCUT2D eigenvalue weighted by atomic mass is 79.9. The maximum absolute atomic E-state index is 5.50. The molecule has 4 heteroatoms. The van der Waals surface area contributed by atoms with Crippen LogP contribution in [0.2, 0.25) is 0 Å². The van der Waals surface area contributed by atoms with Gasteiger partial charge in [0, 0.05) is 4.47 Å². The van der Waals surface area contributed by atoms with E-state index in [2.05, 4.69) is 75.7 Å². The molecule has 2 nitrogen and oxygen atoms in total. The number of aryl methyl sites for hydroxylation is 1. The second kappa shape index (κ2) is 5.19. The number of benzene rings is 2. The van der Waals surface area contributed by atoms with E-state index >= 15 is 0 Å². The molecule has 0 saturated heterocycles. The predicted octanol–water partition coefficient (Wildman–Crippen LogP) is 5.38. The fraction of sp³-hybridized carbons (Fsp3) is 0.188. The Balaban J connectivity index is 2.21. The highest BCUT2D eigenvalue weighted by molar-refractivity contribution is 9.10. The molecule has 3 rings (SSSR count). The van der Waals surface area contributed by atoms with E-state index in [4.69, 9.17) is 12.2 Å². The SMILES string of the molecule is Cc1ccc2[nH]c(=S)n(C(C)c3cccc(Br)c3)c2c1. The number of hydrogen-bond acceptors (Lipinski definition) is 1. The molecule has 1 heterocycles. The molecule has 2 aromatic carbocycles. The van der Waals surface area contributed by atoms with Gasteiger partial charge < -0.3 is 9.55 Å². The Morgan fingerprint density at radius 3 is 2.75 bits per heavy atom. The number of hydrogen-bond donors (Lipinski definition) is 1. The van der Waals surface area contributed by atoms with Gasteiger partial charge in [-0.3, -0.25) is 0 Å². The topological polar surface area (TPSA) is 20.7 Å². The van der Waals surface area contributed by atoms with Gasteiger partial charge in [-0.2, -0.15) is 0 Å². The molecule has 0 aliphatic heterocycles. The van der Waals surface area contributed by atoms with E-state index in [9.17, 15) is 0 Å². The molecule has 0 saturated carbocycles. The van der Waals surface area contributed by atoms with Crippen LogP contribution in [-0.4, -0.2) is 9.55 Å². The molecule has 0 spiro atoms. The van der Waals surface area contributed by atoms with Crippen molar-refractivity contribution in [2.24, 2.45) is 0 Å². The van der Waals surface area contributed by atoms with E-state index in [-0.39, 0.29) is 6.04 Å². The summed E-state index contributed by atoms with van der Waals surface area (Å²) in [5.41, 5.74) is 4.71. The van der Waals surface area contributed by atoms with Crippen molar-refractivity contribution in [1.82, 2.24) is 9.55 Å². The van der Waals surface area contributed by atoms with E-state index < -0.39 is 0 Å². The van der Waals surface area contributed by atoms with Crippen molar-refractivity contribution in [3.63, 3.8) is 0 Å². The lowest BCUT2D eigenvalue weighted by Crippen LogP contribution is -2.06. The summed E-state index contributed by atoms with van der Waals surface area (Å²) in [6.45, 7) is 4.27. The van der Waals surface area contributed by atoms with Crippen molar-refractivity contribution >= 4 is 39.2 Å². The number of aromatic nitrogens is 2. The zero-order valence-electron chi connectivity index (χ0n) is 11.4. The molecule has 0 radical (unpaired) electrons. The number of halogens is 1. The van der Waals surface area contributed by atoms with Gasteiger partial charge >= 0.3 is 0 Å². The van der Waals surface area contributed by atoms with Crippen molar-refractivity contribution in [3.05, 3.63) is 62.8 Å². The molecule has 0 aliphatic rings. The average Bonchev–Trinajstić information content (AvgIpc) is 2.73. The Kier molecular flexibility index (Phi) is 3.52. The molecular weight excluding hydrogens is 332 g/mol. The summed E-state index contributed by atoms with van der Waals surface area (Å²) in [4.78, 5) is 3.29. The fourth-order valence-electron chi connectivity index (χ4n) is 2.53. The van der Waals surface area contributed by atoms with Crippen LogP contribution < -0.4 is 0 Å². The van der Waals surface area contributed by atoms with Crippen LogP contribution in [0.15, 0.2) is 46.9 Å². The summed E-state index contributed by atoms with van der Waals surface area (Å²) in [7, 11) is 0. The minimum absolute atomic E-state index is 0.190. The molecule has 0 bridgehead atoms. The van der Waals surface area contributed by atoms with Crippen molar-refractivity contribution in [2.45, 2.75) is 19.9 Å². The molecule has 1 atom stereocenters. The smallest absolute Gasteiger partial charge is 0.178 e. The lowest BCUT2D eigenvalue weighted by atomic mass is 10.1. The molecule has 0 fully saturated rings. The first-order valence-electron chi connectivity index (χ1n) is 6.52. The van der Waals surface area contributed by atoms with Crippen LogP contribution in [0.1, 0.15) is 24.1 Å². The van der Waals surface area contributed by atoms with Crippen molar-refractivity contribution < 1.29 is 0 Å². The number of imidazole rings is 1. The summed E-state index contributed by atoms with van der Waals surface area (Å²) in [5, 5.41) is 0. The normalized spacial score (nSPS) is 12.8. The Labute approximate surface area is 131 Å². The summed E-state index contributed by atoms with van der Waals surface area (Å²) < 4.78 is 4.03. The Hall–Kier alpha value is -1.39. The minimum atomic E-state index is 0.190. The minimum Gasteiger partial charge on any atom is -0.331 e. The van der Waals surface area contributed by atoms with Crippen molar-refractivity contribution in [1.29, 1.82) is 0 Å². The Bertz CT molecular complexity index is 832. The van der Waals surface area contributed by atoms with Crippen molar-refractivity contribution in [3.8, 4) is 0 Å². The summed E-state index contributed by atoms with van der Waals surface area (Å²) in [5.74, 6) is 0. The van der Waals surface area contributed by atoms with Gasteiger partial charge in [-0.25, -0.2) is 0 Å². The average molecular weight is 347 g/mol. The van der Waals surface area contributed by atoms with Crippen LogP contribution in [0.4, 0.5) is 0 Å². The van der Waals surface area contributed by atoms with Gasteiger partial charge in [0.2, 0.25) is 0 Å². The summed E-state index contributed by atoms with van der Waals surface area (Å²) in [6, 6.07) is 14.9. The second-order valence-corrected chi connectivity index (χ2v) is 6.35. The van der Waals surface area contributed by atoms with Gasteiger partial charge in [0.05, 0.1) is 17.1 Å². The first-order valence-corrected chi connectivity index (χ1v) is 7.73. The van der Waals surface area contributed by atoms with Gasteiger partial charge in [-0.1, -0.05) is 34.1 Å². The molecule has 0 aliphatic carbocycles. The summed E-state index contributed by atoms with van der Waals surface area (Å²) in [6.07, 6.45) is 0. The number of nitrogens with zero attached hydrogens (tertiary/aromatic N) is 1. The summed E-state index contributed by atoms with van der Waals surface area (Å²) >= 11 is 9.03. The van der Waals surface area contributed by atoms with Crippen molar-refractivity contribution in [2.75, 3.05) is 0 Å². The van der Waals surface area contributed by atoms with Gasteiger partial charge in [0.1, 0.15) is 0 Å². The zero-order valence-corrected chi connectivity index (χ0v) is 13.8. The number of fused-ring (bicyclic) bond motifs is 1. The third-order valence-electron chi connectivity index (χ3n) is 3.59. The molecule has 20 heavy (non-hydrogen) atoms. The quantitative estimate of drug-likeness (QED) is 0.617.